The van der Waals surface area contributed by atoms with Crippen LogP contribution in [-0.4, -0.2) is 11.0 Å². The zero-order valence-corrected chi connectivity index (χ0v) is 11.4. The first-order chi connectivity index (χ1) is 8.79. The Balaban J connectivity index is 1.66. The van der Waals surface area contributed by atoms with Gasteiger partial charge in [0.1, 0.15) is 0 Å². The fourth-order valence-corrected chi connectivity index (χ4v) is 2.98. The molecule has 1 aromatic heterocycles. The van der Waals surface area contributed by atoms with Gasteiger partial charge in [0.2, 0.25) is 0 Å². The fourth-order valence-electron chi connectivity index (χ4n) is 2.71. The molecule has 18 heavy (non-hydrogen) atoms. The molecule has 2 atom stereocenters. The number of nitrogens with one attached hydrogen (secondary N) is 2. The number of hydrogen-bond donors (Lipinski definition) is 2. The van der Waals surface area contributed by atoms with Crippen molar-refractivity contribution in [2.75, 3.05) is 0 Å². The molecule has 0 radical (unpaired) electrons. The highest BCUT2D eigenvalue weighted by molar-refractivity contribution is 6.36. The average Bonchev–Trinajstić information content (AvgIpc) is 3.05. The van der Waals surface area contributed by atoms with Crippen molar-refractivity contribution in [2.45, 2.75) is 38.8 Å². The van der Waals surface area contributed by atoms with E-state index in [0.717, 1.165) is 34.1 Å². The summed E-state index contributed by atoms with van der Waals surface area (Å²) in [6, 6.07) is 8.89. The minimum atomic E-state index is 0.701. The fraction of sp³-hybridized carbons (Fsp3) is 0.467. The van der Waals surface area contributed by atoms with Crippen LogP contribution >= 0.6 is 11.6 Å². The Morgan fingerprint density at radius 1 is 1.39 bits per heavy atom. The van der Waals surface area contributed by atoms with Gasteiger partial charge in [-0.05, 0) is 24.8 Å². The number of aromatic nitrogens is 1. The Morgan fingerprint density at radius 3 is 3.00 bits per heavy atom. The third kappa shape index (κ3) is 2.27. The van der Waals surface area contributed by atoms with Crippen LogP contribution in [0.2, 0.25) is 5.02 Å². The highest BCUT2D eigenvalue weighted by Gasteiger charge is 2.35. The van der Waals surface area contributed by atoms with Crippen LogP contribution in [0.25, 0.3) is 10.9 Å². The second-order valence-electron chi connectivity index (χ2n) is 5.23. The van der Waals surface area contributed by atoms with E-state index in [1.54, 1.807) is 0 Å². The van der Waals surface area contributed by atoms with E-state index in [4.69, 9.17) is 11.6 Å². The first-order valence-corrected chi connectivity index (χ1v) is 7.16. The number of H-pyrrole nitrogens is 1. The van der Waals surface area contributed by atoms with Crippen LogP contribution in [0, 0.1) is 5.92 Å². The highest BCUT2D eigenvalue weighted by Crippen LogP contribution is 2.35. The second kappa shape index (κ2) is 4.94. The Kier molecular flexibility index (Phi) is 3.31. The molecule has 1 heterocycles. The van der Waals surface area contributed by atoms with Gasteiger partial charge in [-0.15, -0.1) is 0 Å². The predicted octanol–water partition coefficient (Wildman–Crippen LogP) is 4.10. The molecular formula is C15H19ClN2. The maximum absolute atomic E-state index is 6.39. The topological polar surface area (TPSA) is 27.8 Å². The van der Waals surface area contributed by atoms with Crippen LogP contribution in [0.15, 0.2) is 24.3 Å². The quantitative estimate of drug-likeness (QED) is 0.834. The van der Waals surface area contributed by atoms with Crippen LogP contribution in [0.5, 0.6) is 0 Å². The lowest BCUT2D eigenvalue weighted by molar-refractivity contribution is 0.595. The lowest BCUT2D eigenvalue weighted by Gasteiger charge is -2.02. The summed E-state index contributed by atoms with van der Waals surface area (Å²) in [6.45, 7) is 3.10. The Morgan fingerprint density at radius 2 is 2.22 bits per heavy atom. The molecule has 1 saturated carbocycles. The van der Waals surface area contributed by atoms with Gasteiger partial charge in [-0.3, -0.25) is 0 Å². The normalized spacial score (nSPS) is 22.6. The number of fused-ring (bicyclic) bond motifs is 1. The molecule has 1 fully saturated rings. The zero-order chi connectivity index (χ0) is 12.5. The minimum absolute atomic E-state index is 0.701. The van der Waals surface area contributed by atoms with E-state index in [1.807, 2.05) is 12.1 Å². The SMILES string of the molecule is CCCC1CC1NCc1[nH]c2ccccc2c1Cl. The van der Waals surface area contributed by atoms with Crippen molar-refractivity contribution in [3.05, 3.63) is 35.0 Å². The number of halogens is 1. The second-order valence-corrected chi connectivity index (χ2v) is 5.61. The lowest BCUT2D eigenvalue weighted by Crippen LogP contribution is -2.18. The largest absolute Gasteiger partial charge is 0.356 e. The summed E-state index contributed by atoms with van der Waals surface area (Å²) < 4.78 is 0. The highest BCUT2D eigenvalue weighted by atomic mass is 35.5. The van der Waals surface area contributed by atoms with E-state index in [0.29, 0.717) is 6.04 Å². The molecule has 3 heteroatoms. The van der Waals surface area contributed by atoms with E-state index in [9.17, 15) is 0 Å². The molecule has 2 N–H and O–H groups in total. The van der Waals surface area contributed by atoms with Crippen LogP contribution in [0.4, 0.5) is 0 Å². The summed E-state index contributed by atoms with van der Waals surface area (Å²) >= 11 is 6.39. The minimum Gasteiger partial charge on any atom is -0.356 e. The molecule has 3 rings (SSSR count). The molecule has 2 nitrogen and oxygen atoms in total. The molecule has 0 amide bonds. The first-order valence-electron chi connectivity index (χ1n) is 6.78. The van der Waals surface area contributed by atoms with Crippen molar-refractivity contribution >= 4 is 22.5 Å². The number of hydrogen-bond acceptors (Lipinski definition) is 1. The van der Waals surface area contributed by atoms with Gasteiger partial charge in [-0.25, -0.2) is 0 Å². The van der Waals surface area contributed by atoms with E-state index in [-0.39, 0.29) is 0 Å². The molecule has 1 aliphatic carbocycles. The molecule has 0 bridgehead atoms. The summed E-state index contributed by atoms with van der Waals surface area (Å²) in [5, 5.41) is 5.58. The number of aromatic amines is 1. The Labute approximate surface area is 113 Å². The summed E-state index contributed by atoms with van der Waals surface area (Å²) in [4.78, 5) is 3.40. The maximum atomic E-state index is 6.39. The molecule has 2 unspecified atom stereocenters. The van der Waals surface area contributed by atoms with Crippen molar-refractivity contribution < 1.29 is 0 Å². The molecule has 0 spiro atoms. The van der Waals surface area contributed by atoms with Gasteiger partial charge in [0.25, 0.3) is 0 Å². The predicted molar refractivity (Wildman–Crippen MR) is 77.0 cm³/mol. The summed E-state index contributed by atoms with van der Waals surface area (Å²) in [5.41, 5.74) is 2.24. The van der Waals surface area contributed by atoms with Crippen LogP contribution in [0.1, 0.15) is 31.9 Å². The number of rotatable bonds is 5. The Bertz CT molecular complexity index is 546. The van der Waals surface area contributed by atoms with Crippen LogP contribution < -0.4 is 5.32 Å². The van der Waals surface area contributed by atoms with Crippen molar-refractivity contribution in [1.82, 2.24) is 10.3 Å². The summed E-state index contributed by atoms with van der Waals surface area (Å²) in [7, 11) is 0. The third-order valence-electron chi connectivity index (χ3n) is 3.84. The third-order valence-corrected chi connectivity index (χ3v) is 4.27. The molecule has 2 aromatic rings. The van der Waals surface area contributed by atoms with Gasteiger partial charge in [0.05, 0.1) is 5.02 Å². The summed E-state index contributed by atoms with van der Waals surface area (Å²) in [6.07, 6.45) is 3.96. The number of para-hydroxylation sites is 1. The van der Waals surface area contributed by atoms with Crippen molar-refractivity contribution in [3.63, 3.8) is 0 Å². The average molecular weight is 263 g/mol. The van der Waals surface area contributed by atoms with E-state index >= 15 is 0 Å². The zero-order valence-electron chi connectivity index (χ0n) is 10.7. The van der Waals surface area contributed by atoms with E-state index < -0.39 is 0 Å². The number of benzene rings is 1. The van der Waals surface area contributed by atoms with Gasteiger partial charge in [0.15, 0.2) is 0 Å². The molecule has 1 aromatic carbocycles. The van der Waals surface area contributed by atoms with Gasteiger partial charge in [-0.1, -0.05) is 43.1 Å². The van der Waals surface area contributed by atoms with Gasteiger partial charge >= 0.3 is 0 Å². The molecule has 96 valence electrons. The van der Waals surface area contributed by atoms with Crippen LogP contribution in [0.3, 0.4) is 0 Å². The Hall–Kier alpha value is -0.990. The monoisotopic (exact) mass is 262 g/mol. The molecule has 0 aliphatic heterocycles. The smallest absolute Gasteiger partial charge is 0.0705 e. The van der Waals surface area contributed by atoms with Crippen molar-refractivity contribution in [1.29, 1.82) is 0 Å². The van der Waals surface area contributed by atoms with Crippen molar-refractivity contribution in [2.24, 2.45) is 5.92 Å². The molecule has 0 saturated heterocycles. The van der Waals surface area contributed by atoms with Gasteiger partial charge in [0, 0.05) is 29.2 Å². The summed E-state index contributed by atoms with van der Waals surface area (Å²) in [5.74, 6) is 0.887. The van der Waals surface area contributed by atoms with Crippen LogP contribution in [-0.2, 0) is 6.54 Å². The van der Waals surface area contributed by atoms with Gasteiger partial charge in [-0.2, -0.15) is 0 Å². The first kappa shape index (κ1) is 12.1. The van der Waals surface area contributed by atoms with Crippen molar-refractivity contribution in [3.8, 4) is 0 Å². The maximum Gasteiger partial charge on any atom is 0.0705 e. The standard InChI is InChI=1S/C15H19ClN2/c1-2-5-10-8-13(10)17-9-14-15(16)11-6-3-4-7-12(11)18-14/h3-4,6-7,10,13,17-18H,2,5,8-9H2,1H3. The molecule has 1 aliphatic rings. The van der Waals surface area contributed by atoms with E-state index in [2.05, 4.69) is 29.4 Å². The lowest BCUT2D eigenvalue weighted by atomic mass is 10.2. The van der Waals surface area contributed by atoms with Gasteiger partial charge < -0.3 is 10.3 Å². The van der Waals surface area contributed by atoms with E-state index in [1.165, 1.54) is 19.3 Å². The molecular weight excluding hydrogens is 244 g/mol.